The number of benzene rings is 11. The summed E-state index contributed by atoms with van der Waals surface area (Å²) in [5.41, 5.74) is 22.6. The lowest BCUT2D eigenvalue weighted by Gasteiger charge is -2.43. The van der Waals surface area contributed by atoms with Crippen LogP contribution in [0.15, 0.2) is 271 Å². The quantitative estimate of drug-likeness (QED) is 0.158. The third-order valence-electron chi connectivity index (χ3n) is 16.2. The maximum absolute atomic E-state index is 2.51. The standard InChI is InChI=1S/C70H49N3S/c1-69(2)62-44-50(71(46-22-7-3-8-23-46)47-24-9-4-10-25-47)38-40-54(62)57-42-43-61-68(66(57)69)74-67-60(70(61)58-33-18-15-30-52(58)53-31-16-19-34-59(53)70)35-21-37-64(67)72(48-26-11-5-12-27-48)51-39-41-56-55-32-17-20-36-63(55)73(65(56)45-51)49-28-13-6-14-29-49/h3-45H,1-2H3. The third-order valence-corrected chi connectivity index (χ3v) is 17.4. The molecule has 3 aliphatic rings. The maximum atomic E-state index is 2.51. The van der Waals surface area contributed by atoms with Crippen LogP contribution in [0.3, 0.4) is 0 Å². The third kappa shape index (κ3) is 6.03. The number of hydrogen-bond acceptors (Lipinski definition) is 3. The van der Waals surface area contributed by atoms with E-state index in [9.17, 15) is 0 Å². The SMILES string of the molecule is CC1(C)c2cc(N(c3ccccc3)c3ccccc3)ccc2-c2ccc3c(c21)Sc1c(N(c2ccccc2)c2ccc4c5ccccc5n(-c5ccccc5)c4c2)cccc1C31c2ccccc2-c2ccccc21. The fourth-order valence-corrected chi connectivity index (χ4v) is 14.7. The molecule has 0 radical (unpaired) electrons. The summed E-state index contributed by atoms with van der Waals surface area (Å²) in [6.07, 6.45) is 0. The lowest BCUT2D eigenvalue weighted by atomic mass is 9.66. The highest BCUT2D eigenvalue weighted by atomic mass is 32.2. The monoisotopic (exact) mass is 963 g/mol. The molecule has 2 aliphatic carbocycles. The van der Waals surface area contributed by atoms with Gasteiger partial charge in [0.2, 0.25) is 0 Å². The molecule has 11 aromatic carbocycles. The molecule has 0 fully saturated rings. The van der Waals surface area contributed by atoms with E-state index in [1.807, 2.05) is 11.8 Å². The topological polar surface area (TPSA) is 11.4 Å². The second kappa shape index (κ2) is 16.3. The molecular weight excluding hydrogens is 915 g/mol. The number of hydrogen-bond donors (Lipinski definition) is 0. The van der Waals surface area contributed by atoms with E-state index >= 15 is 0 Å². The molecule has 2 heterocycles. The Labute approximate surface area is 436 Å². The lowest BCUT2D eigenvalue weighted by Crippen LogP contribution is -2.33. The molecule has 1 aromatic heterocycles. The normalized spacial score (nSPS) is 14.0. The van der Waals surface area contributed by atoms with Gasteiger partial charge in [-0.25, -0.2) is 0 Å². The van der Waals surface area contributed by atoms with Crippen molar-refractivity contribution in [2.45, 2.75) is 34.5 Å². The fourth-order valence-electron chi connectivity index (χ4n) is 13.1. The first-order valence-corrected chi connectivity index (χ1v) is 26.5. The molecule has 74 heavy (non-hydrogen) atoms. The lowest BCUT2D eigenvalue weighted by molar-refractivity contribution is 0.632. The number of rotatable bonds is 7. The molecule has 0 bridgehead atoms. The highest BCUT2D eigenvalue weighted by Gasteiger charge is 2.53. The Morgan fingerprint density at radius 2 is 0.838 bits per heavy atom. The Morgan fingerprint density at radius 3 is 1.51 bits per heavy atom. The summed E-state index contributed by atoms with van der Waals surface area (Å²) >= 11 is 1.97. The van der Waals surface area contributed by atoms with E-state index in [2.05, 4.69) is 289 Å². The van der Waals surface area contributed by atoms with E-state index in [1.165, 1.54) is 87.2 Å². The average molecular weight is 964 g/mol. The highest BCUT2D eigenvalue weighted by molar-refractivity contribution is 7.99. The zero-order valence-electron chi connectivity index (χ0n) is 41.1. The summed E-state index contributed by atoms with van der Waals surface area (Å²) in [7, 11) is 0. The van der Waals surface area contributed by atoms with Crippen molar-refractivity contribution >= 4 is 67.7 Å². The number of anilines is 6. The number of para-hydroxylation sites is 5. The Bertz CT molecular complexity index is 4110. The molecule has 0 saturated carbocycles. The Kier molecular flexibility index (Phi) is 9.46. The molecule has 4 heteroatoms. The molecule has 350 valence electrons. The molecule has 0 unspecified atom stereocenters. The van der Waals surface area contributed by atoms with Crippen molar-refractivity contribution in [2.24, 2.45) is 0 Å². The highest BCUT2D eigenvalue weighted by Crippen LogP contribution is 2.67. The Morgan fingerprint density at radius 1 is 0.338 bits per heavy atom. The summed E-state index contributed by atoms with van der Waals surface area (Å²) in [6, 6.07) is 96.8. The minimum atomic E-state index is -0.590. The van der Waals surface area contributed by atoms with Crippen LogP contribution in [-0.2, 0) is 10.8 Å². The van der Waals surface area contributed by atoms with Crippen LogP contribution >= 0.6 is 11.8 Å². The van der Waals surface area contributed by atoms with Crippen molar-refractivity contribution in [1.82, 2.24) is 4.57 Å². The van der Waals surface area contributed by atoms with Crippen molar-refractivity contribution < 1.29 is 0 Å². The van der Waals surface area contributed by atoms with Crippen LogP contribution in [0.4, 0.5) is 34.1 Å². The molecule has 0 saturated heterocycles. The van der Waals surface area contributed by atoms with Crippen molar-refractivity contribution in [3.63, 3.8) is 0 Å². The van der Waals surface area contributed by atoms with Gasteiger partial charge in [0.1, 0.15) is 0 Å². The van der Waals surface area contributed by atoms with Crippen molar-refractivity contribution in [3.05, 3.63) is 294 Å². The smallest absolute Gasteiger partial charge is 0.0736 e. The Hall–Kier alpha value is -8.83. The van der Waals surface area contributed by atoms with Gasteiger partial charge in [-0.1, -0.05) is 202 Å². The van der Waals surface area contributed by atoms with Crippen molar-refractivity contribution in [1.29, 1.82) is 0 Å². The van der Waals surface area contributed by atoms with Crippen molar-refractivity contribution in [2.75, 3.05) is 9.80 Å². The van der Waals surface area contributed by atoms with Crippen LogP contribution in [0, 0.1) is 0 Å². The zero-order valence-corrected chi connectivity index (χ0v) is 41.9. The van der Waals surface area contributed by atoms with Gasteiger partial charge < -0.3 is 14.4 Å². The molecule has 0 atom stereocenters. The van der Waals surface area contributed by atoms with Gasteiger partial charge in [0.25, 0.3) is 0 Å². The predicted molar refractivity (Wildman–Crippen MR) is 309 cm³/mol. The largest absolute Gasteiger partial charge is 0.310 e. The first kappa shape index (κ1) is 42.8. The van der Waals surface area contributed by atoms with Gasteiger partial charge in [0, 0.05) is 60.1 Å². The summed E-state index contributed by atoms with van der Waals surface area (Å²) in [6.45, 7) is 4.92. The minimum absolute atomic E-state index is 0.349. The summed E-state index contributed by atoms with van der Waals surface area (Å²) in [4.78, 5) is 7.51. The summed E-state index contributed by atoms with van der Waals surface area (Å²) in [5.74, 6) is 0. The summed E-state index contributed by atoms with van der Waals surface area (Å²) < 4.78 is 2.43. The van der Waals surface area contributed by atoms with Crippen molar-refractivity contribution in [3.8, 4) is 27.9 Å². The first-order chi connectivity index (χ1) is 36.5. The number of nitrogens with zero attached hydrogens (tertiary/aromatic N) is 3. The van der Waals surface area contributed by atoms with Gasteiger partial charge in [-0.15, -0.1) is 0 Å². The van der Waals surface area contributed by atoms with Gasteiger partial charge >= 0.3 is 0 Å². The molecule has 1 spiro atoms. The van der Waals surface area contributed by atoms with Crippen LogP contribution in [0.25, 0.3) is 49.7 Å². The van der Waals surface area contributed by atoms with E-state index in [0.29, 0.717) is 0 Å². The van der Waals surface area contributed by atoms with Crippen LogP contribution in [0.5, 0.6) is 0 Å². The van der Waals surface area contributed by atoms with Crippen LogP contribution in [-0.4, -0.2) is 4.57 Å². The minimum Gasteiger partial charge on any atom is -0.310 e. The van der Waals surface area contributed by atoms with E-state index < -0.39 is 5.41 Å². The first-order valence-electron chi connectivity index (χ1n) is 25.7. The maximum Gasteiger partial charge on any atom is 0.0736 e. The van der Waals surface area contributed by atoms with Gasteiger partial charge in [0.15, 0.2) is 0 Å². The van der Waals surface area contributed by atoms with Crippen LogP contribution < -0.4 is 9.80 Å². The molecule has 3 nitrogen and oxygen atoms in total. The molecule has 15 rings (SSSR count). The molecule has 1 aliphatic heterocycles. The summed E-state index contributed by atoms with van der Waals surface area (Å²) in [5, 5.41) is 2.47. The molecular formula is C70H49N3S. The van der Waals surface area contributed by atoms with Gasteiger partial charge in [-0.3, -0.25) is 0 Å². The fraction of sp³-hybridized carbons (Fsp3) is 0.0571. The number of fused-ring (bicyclic) bond motifs is 16. The molecule has 0 amide bonds. The van der Waals surface area contributed by atoms with E-state index in [0.717, 1.165) is 39.8 Å². The van der Waals surface area contributed by atoms with Gasteiger partial charge in [0.05, 0.1) is 22.1 Å². The second-order valence-electron chi connectivity index (χ2n) is 20.4. The van der Waals surface area contributed by atoms with E-state index in [4.69, 9.17) is 0 Å². The zero-order chi connectivity index (χ0) is 49.1. The average Bonchev–Trinajstić information content (AvgIpc) is 4.18. The van der Waals surface area contributed by atoms with Gasteiger partial charge in [-0.05, 0) is 141 Å². The van der Waals surface area contributed by atoms with E-state index in [1.54, 1.807) is 0 Å². The molecule has 0 N–H and O–H groups in total. The van der Waals surface area contributed by atoms with E-state index in [-0.39, 0.29) is 5.41 Å². The predicted octanol–water partition coefficient (Wildman–Crippen LogP) is 18.9. The second-order valence-corrected chi connectivity index (χ2v) is 21.4. The molecule has 12 aromatic rings. The van der Waals surface area contributed by atoms with Crippen LogP contribution in [0.2, 0.25) is 0 Å². The van der Waals surface area contributed by atoms with Crippen LogP contribution in [0.1, 0.15) is 47.2 Å². The van der Waals surface area contributed by atoms with Gasteiger partial charge in [-0.2, -0.15) is 0 Å². The Balaban J connectivity index is 0.985. The number of aromatic nitrogens is 1.